The minimum Gasteiger partial charge on any atom is -1.00 e. The van der Waals surface area contributed by atoms with Gasteiger partial charge in [0.1, 0.15) is 5.56 Å². The highest BCUT2D eigenvalue weighted by molar-refractivity contribution is 5.96. The Morgan fingerprint density at radius 1 is 1.08 bits per heavy atom. The van der Waals surface area contributed by atoms with Crippen LogP contribution in [0.15, 0.2) is 42.7 Å². The SMILES string of the molecule is NCCCNC(=O)c1ccc[n+](CC(=O)c2ccc(O)c(O)c2)c1.[Cl-].[Cl-]. The molecule has 0 saturated carbocycles. The molecule has 9 heteroatoms. The molecule has 7 nitrogen and oxygen atoms in total. The van der Waals surface area contributed by atoms with Crippen molar-refractivity contribution in [2.75, 3.05) is 13.1 Å². The number of pyridine rings is 1. The number of halogens is 2. The molecule has 0 atom stereocenters. The maximum Gasteiger partial charge on any atom is 0.257 e. The zero-order valence-corrected chi connectivity index (χ0v) is 15.4. The Bertz CT molecular complexity index is 757. The highest BCUT2D eigenvalue weighted by atomic mass is 35.5. The van der Waals surface area contributed by atoms with Crippen LogP contribution in [0.1, 0.15) is 27.1 Å². The van der Waals surface area contributed by atoms with Crippen LogP contribution in [0.25, 0.3) is 0 Å². The van der Waals surface area contributed by atoms with Gasteiger partial charge in [-0.1, -0.05) is 0 Å². The van der Waals surface area contributed by atoms with Gasteiger partial charge in [0.2, 0.25) is 12.3 Å². The number of rotatable bonds is 7. The molecule has 0 aliphatic carbocycles. The van der Waals surface area contributed by atoms with Crippen LogP contribution in [0.5, 0.6) is 11.5 Å². The van der Waals surface area contributed by atoms with Gasteiger partial charge in [-0.15, -0.1) is 0 Å². The van der Waals surface area contributed by atoms with Crippen LogP contribution < -0.4 is 40.4 Å². The quantitative estimate of drug-likeness (QED) is 0.160. The largest absolute Gasteiger partial charge is 1.00 e. The van der Waals surface area contributed by atoms with Crippen molar-refractivity contribution in [3.05, 3.63) is 53.9 Å². The van der Waals surface area contributed by atoms with E-state index in [4.69, 9.17) is 5.73 Å². The molecular weight excluding hydrogens is 381 g/mol. The predicted octanol–water partition coefficient (Wildman–Crippen LogP) is -5.65. The Labute approximate surface area is 163 Å². The summed E-state index contributed by atoms with van der Waals surface area (Å²) in [5.41, 5.74) is 6.10. The van der Waals surface area contributed by atoms with E-state index < -0.39 is 0 Å². The van der Waals surface area contributed by atoms with E-state index in [0.717, 1.165) is 0 Å². The van der Waals surface area contributed by atoms with Crippen molar-refractivity contribution in [2.24, 2.45) is 5.73 Å². The van der Waals surface area contributed by atoms with Crippen LogP contribution in [0.4, 0.5) is 0 Å². The fourth-order valence-corrected chi connectivity index (χ4v) is 2.11. The fourth-order valence-electron chi connectivity index (χ4n) is 2.11. The zero-order valence-electron chi connectivity index (χ0n) is 13.9. The first kappa shape index (κ1) is 23.6. The molecule has 0 spiro atoms. The number of nitrogens with zero attached hydrogens (tertiary/aromatic N) is 1. The number of aromatic hydroxyl groups is 2. The van der Waals surface area contributed by atoms with Gasteiger partial charge < -0.3 is 46.1 Å². The number of benzene rings is 1. The van der Waals surface area contributed by atoms with Crippen molar-refractivity contribution in [1.82, 2.24) is 5.32 Å². The van der Waals surface area contributed by atoms with Crippen molar-refractivity contribution < 1.29 is 49.2 Å². The van der Waals surface area contributed by atoms with Gasteiger partial charge in [-0.2, -0.15) is 4.57 Å². The molecule has 26 heavy (non-hydrogen) atoms. The molecule has 0 aliphatic rings. The number of ketones is 1. The van der Waals surface area contributed by atoms with Crippen LogP contribution in [0.2, 0.25) is 0 Å². The molecule has 1 aromatic heterocycles. The molecule has 1 aromatic carbocycles. The highest BCUT2D eigenvalue weighted by Crippen LogP contribution is 2.24. The molecule has 0 saturated heterocycles. The Balaban J connectivity index is 0.00000312. The first-order valence-electron chi connectivity index (χ1n) is 7.54. The van der Waals surface area contributed by atoms with Crippen molar-refractivity contribution in [3.63, 3.8) is 0 Å². The van der Waals surface area contributed by atoms with Crippen LogP contribution in [-0.2, 0) is 6.54 Å². The molecule has 0 aliphatic heterocycles. The summed E-state index contributed by atoms with van der Waals surface area (Å²) in [5, 5.41) is 21.5. The van der Waals surface area contributed by atoms with E-state index in [9.17, 15) is 19.8 Å². The fraction of sp³-hybridized carbons (Fsp3) is 0.235. The lowest BCUT2D eigenvalue weighted by atomic mass is 10.1. The van der Waals surface area contributed by atoms with Gasteiger partial charge in [-0.3, -0.25) is 9.59 Å². The minimum atomic E-state index is -0.348. The number of hydrogen-bond acceptors (Lipinski definition) is 5. The van der Waals surface area contributed by atoms with Crippen molar-refractivity contribution in [2.45, 2.75) is 13.0 Å². The van der Waals surface area contributed by atoms with Crippen molar-refractivity contribution in [1.29, 1.82) is 0 Å². The minimum absolute atomic E-state index is 0. The van der Waals surface area contributed by atoms with Crippen LogP contribution in [0, 0.1) is 0 Å². The lowest BCUT2D eigenvalue weighted by molar-refractivity contribution is -0.683. The van der Waals surface area contributed by atoms with Gasteiger partial charge in [-0.05, 0) is 37.2 Å². The lowest BCUT2D eigenvalue weighted by Gasteiger charge is -2.04. The molecule has 0 fully saturated rings. The first-order chi connectivity index (χ1) is 11.5. The summed E-state index contributed by atoms with van der Waals surface area (Å²) in [6.07, 6.45) is 3.95. The van der Waals surface area contributed by atoms with Crippen molar-refractivity contribution >= 4 is 11.7 Å². The Hall–Kier alpha value is -2.35. The second-order valence-electron chi connectivity index (χ2n) is 5.29. The van der Waals surface area contributed by atoms with E-state index in [1.165, 1.54) is 18.2 Å². The highest BCUT2D eigenvalue weighted by Gasteiger charge is 2.16. The van der Waals surface area contributed by atoms with Gasteiger partial charge in [0.15, 0.2) is 23.9 Å². The van der Waals surface area contributed by atoms with Gasteiger partial charge in [0, 0.05) is 18.2 Å². The van der Waals surface area contributed by atoms with Crippen molar-refractivity contribution in [3.8, 4) is 11.5 Å². The van der Waals surface area contributed by atoms with E-state index in [1.54, 1.807) is 29.1 Å². The summed E-state index contributed by atoms with van der Waals surface area (Å²) in [4.78, 5) is 24.2. The second-order valence-corrected chi connectivity index (χ2v) is 5.29. The van der Waals surface area contributed by atoms with Gasteiger partial charge in [0.25, 0.3) is 5.91 Å². The van der Waals surface area contributed by atoms with Crippen LogP contribution >= 0.6 is 0 Å². The van der Waals surface area contributed by atoms with Gasteiger partial charge in [0.05, 0.1) is 0 Å². The van der Waals surface area contributed by atoms with Gasteiger partial charge in [-0.25, -0.2) is 0 Å². The number of phenols is 2. The number of carbonyl (C=O) groups is 2. The van der Waals surface area contributed by atoms with Gasteiger partial charge >= 0.3 is 0 Å². The number of Topliss-reactive ketones (excluding diaryl/α,β-unsaturated/α-hetero) is 1. The molecule has 5 N–H and O–H groups in total. The molecule has 142 valence electrons. The third kappa shape index (κ3) is 6.51. The van der Waals surface area contributed by atoms with E-state index in [0.29, 0.717) is 25.1 Å². The number of carbonyl (C=O) groups excluding carboxylic acids is 2. The topological polar surface area (TPSA) is 117 Å². The van der Waals surface area contributed by atoms with E-state index in [1.807, 2.05) is 0 Å². The predicted molar refractivity (Wildman–Crippen MR) is 86.7 cm³/mol. The van der Waals surface area contributed by atoms with E-state index >= 15 is 0 Å². The summed E-state index contributed by atoms with van der Waals surface area (Å²) >= 11 is 0. The summed E-state index contributed by atoms with van der Waals surface area (Å²) < 4.78 is 1.59. The second kappa shape index (κ2) is 11.3. The molecule has 1 heterocycles. The number of nitrogens with one attached hydrogen (secondary N) is 1. The standard InChI is InChI=1S/C17H19N3O4.2ClH/c18-6-2-7-19-17(24)13-3-1-8-20(10-13)11-16(23)12-4-5-14(21)15(22)9-12;;/h1,3-5,8-10H,2,6-7,11,18H2,(H2-,19,21,22,23,24);2*1H/p-1. The maximum atomic E-state index is 12.2. The number of aromatic nitrogens is 1. The molecule has 2 rings (SSSR count). The van der Waals surface area contributed by atoms with E-state index in [-0.39, 0.29) is 60.1 Å². The first-order valence-corrected chi connectivity index (χ1v) is 7.54. The number of nitrogens with two attached hydrogens (primary N) is 1. The Morgan fingerprint density at radius 2 is 1.81 bits per heavy atom. The van der Waals surface area contributed by atoms with Crippen LogP contribution in [0.3, 0.4) is 0 Å². The molecule has 2 aromatic rings. The Kier molecular flexibility index (Phi) is 10.3. The smallest absolute Gasteiger partial charge is 0.257 e. The monoisotopic (exact) mass is 400 g/mol. The number of amides is 1. The maximum absolute atomic E-state index is 12.2. The lowest BCUT2D eigenvalue weighted by Crippen LogP contribution is -3.00. The molecule has 0 bridgehead atoms. The summed E-state index contributed by atoms with van der Waals surface area (Å²) in [6, 6.07) is 7.24. The molecule has 0 radical (unpaired) electrons. The summed E-state index contributed by atoms with van der Waals surface area (Å²) in [7, 11) is 0. The number of hydrogen-bond donors (Lipinski definition) is 4. The normalized spacial score (nSPS) is 9.58. The zero-order chi connectivity index (χ0) is 17.5. The Morgan fingerprint density at radius 3 is 2.46 bits per heavy atom. The third-order valence-corrected chi connectivity index (χ3v) is 3.41. The van der Waals surface area contributed by atoms with E-state index in [2.05, 4.69) is 5.32 Å². The summed E-state index contributed by atoms with van der Waals surface area (Å²) in [6.45, 7) is 1.01. The third-order valence-electron chi connectivity index (χ3n) is 3.41. The molecule has 0 unspecified atom stereocenters. The van der Waals surface area contributed by atoms with Crippen LogP contribution in [-0.4, -0.2) is 35.0 Å². The average Bonchev–Trinajstić information content (AvgIpc) is 2.57. The average molecular weight is 401 g/mol. The molecular formula is C17H20Cl2N3O4-. The number of phenolic OH excluding ortho intramolecular Hbond substituents is 2. The summed E-state index contributed by atoms with van der Waals surface area (Å²) in [5.74, 6) is -1.11. The molecule has 1 amide bonds.